The van der Waals surface area contributed by atoms with Gasteiger partial charge in [-0.3, -0.25) is 4.79 Å². The number of nitrogens with zero attached hydrogens (tertiary/aromatic N) is 8. The number of carbonyl (C=O) groups is 1. The molecule has 15 heteroatoms. The van der Waals surface area contributed by atoms with Crippen LogP contribution < -0.4 is 15.8 Å². The third-order valence-corrected chi connectivity index (χ3v) is 6.84. The third-order valence-electron chi connectivity index (χ3n) is 6.84. The highest BCUT2D eigenvalue weighted by Crippen LogP contribution is 2.30. The number of piperidine rings is 1. The van der Waals surface area contributed by atoms with Gasteiger partial charge in [0.25, 0.3) is 5.56 Å². The molecular weight excluding hydrogens is 519 g/mol. The van der Waals surface area contributed by atoms with E-state index in [2.05, 4.69) is 46.2 Å². The minimum atomic E-state index is -5.08. The number of nitrogens with one attached hydrogen (secondary N) is 1. The molecule has 0 aromatic carbocycles. The van der Waals surface area contributed by atoms with E-state index >= 15 is 0 Å². The molecule has 0 atom stereocenters. The van der Waals surface area contributed by atoms with Crippen molar-refractivity contribution >= 4 is 28.8 Å². The Morgan fingerprint density at radius 3 is 2.38 bits per heavy atom. The van der Waals surface area contributed by atoms with Crippen molar-refractivity contribution < 1.29 is 23.1 Å². The zero-order chi connectivity index (χ0) is 28.5. The van der Waals surface area contributed by atoms with Crippen molar-refractivity contribution in [1.29, 1.82) is 0 Å². The zero-order valence-electron chi connectivity index (χ0n) is 22.2. The predicted molar refractivity (Wildman–Crippen MR) is 138 cm³/mol. The Balaban J connectivity index is 0.000000448. The van der Waals surface area contributed by atoms with Gasteiger partial charge in [0.1, 0.15) is 5.82 Å². The monoisotopic (exact) mass is 551 g/mol. The van der Waals surface area contributed by atoms with Crippen molar-refractivity contribution in [3.05, 3.63) is 33.9 Å². The highest BCUT2D eigenvalue weighted by molar-refractivity contribution is 5.88. The summed E-state index contributed by atoms with van der Waals surface area (Å²) in [5.41, 5.74) is 2.65. The number of anilines is 2. The van der Waals surface area contributed by atoms with Crippen LogP contribution in [-0.4, -0.2) is 84.4 Å². The molecule has 1 saturated heterocycles. The Morgan fingerprint density at radius 2 is 1.77 bits per heavy atom. The highest BCUT2D eigenvalue weighted by Gasteiger charge is 2.38. The average molecular weight is 552 g/mol. The maximum Gasteiger partial charge on any atom is 0.490 e. The van der Waals surface area contributed by atoms with Gasteiger partial charge < -0.3 is 20.2 Å². The fraction of sp³-hybridized carbons (Fsp3) is 0.583. The SMILES string of the molecule is CC(C)n1ncc2c(N3CCc4c(cnn(C)c4=O)C3)nc(NC3CCN(C)CC3)nc21.O=C(O)C(F)(F)F. The third kappa shape index (κ3) is 6.29. The summed E-state index contributed by atoms with van der Waals surface area (Å²) in [6, 6.07) is 0.557. The second-order valence-electron chi connectivity index (χ2n) is 10.1. The van der Waals surface area contributed by atoms with E-state index in [1.807, 2.05) is 10.9 Å². The van der Waals surface area contributed by atoms with Gasteiger partial charge in [0.15, 0.2) is 5.65 Å². The minimum Gasteiger partial charge on any atom is -0.475 e. The van der Waals surface area contributed by atoms with Crippen molar-refractivity contribution in [3.63, 3.8) is 0 Å². The van der Waals surface area contributed by atoms with E-state index in [4.69, 9.17) is 19.9 Å². The molecule has 0 saturated carbocycles. The van der Waals surface area contributed by atoms with Gasteiger partial charge in [-0.2, -0.15) is 33.3 Å². The first-order valence-electron chi connectivity index (χ1n) is 12.6. The largest absolute Gasteiger partial charge is 0.490 e. The van der Waals surface area contributed by atoms with Gasteiger partial charge >= 0.3 is 12.1 Å². The van der Waals surface area contributed by atoms with Gasteiger partial charge in [0.05, 0.1) is 17.8 Å². The van der Waals surface area contributed by atoms with Crippen molar-refractivity contribution in [2.45, 2.75) is 57.9 Å². The van der Waals surface area contributed by atoms with E-state index in [0.717, 1.165) is 60.5 Å². The zero-order valence-corrected chi connectivity index (χ0v) is 22.2. The number of hydrogen-bond acceptors (Lipinski definition) is 9. The van der Waals surface area contributed by atoms with Crippen LogP contribution >= 0.6 is 0 Å². The topological polar surface area (TPSA) is 134 Å². The average Bonchev–Trinajstić information content (AvgIpc) is 3.31. The summed E-state index contributed by atoms with van der Waals surface area (Å²) >= 11 is 0. The Hall–Kier alpha value is -3.75. The lowest BCUT2D eigenvalue weighted by Gasteiger charge is -2.31. The van der Waals surface area contributed by atoms with E-state index in [1.165, 1.54) is 4.68 Å². The number of hydrogen-bond donors (Lipinski definition) is 2. The van der Waals surface area contributed by atoms with Gasteiger partial charge in [-0.15, -0.1) is 0 Å². The first-order chi connectivity index (χ1) is 18.3. The van der Waals surface area contributed by atoms with E-state index in [1.54, 1.807) is 13.2 Å². The summed E-state index contributed by atoms with van der Waals surface area (Å²) in [5, 5.41) is 20.5. The quantitative estimate of drug-likeness (QED) is 0.497. The molecule has 5 heterocycles. The predicted octanol–water partition coefficient (Wildman–Crippen LogP) is 2.20. The van der Waals surface area contributed by atoms with E-state index in [-0.39, 0.29) is 11.6 Å². The number of halogens is 3. The molecule has 0 aliphatic carbocycles. The molecule has 2 aliphatic rings. The fourth-order valence-electron chi connectivity index (χ4n) is 4.67. The molecule has 0 spiro atoms. The fourth-order valence-corrected chi connectivity index (χ4v) is 4.67. The lowest BCUT2D eigenvalue weighted by atomic mass is 10.0. The lowest BCUT2D eigenvalue weighted by molar-refractivity contribution is -0.192. The Bertz CT molecular complexity index is 1400. The maximum absolute atomic E-state index is 12.5. The van der Waals surface area contributed by atoms with Crippen LogP contribution in [0, 0.1) is 0 Å². The van der Waals surface area contributed by atoms with Gasteiger partial charge in [0.2, 0.25) is 5.95 Å². The van der Waals surface area contributed by atoms with Gasteiger partial charge in [-0.1, -0.05) is 0 Å². The molecule has 0 bridgehead atoms. The number of likely N-dealkylation sites (tertiary alicyclic amines) is 1. The summed E-state index contributed by atoms with van der Waals surface area (Å²) in [6.45, 7) is 7.68. The minimum absolute atomic E-state index is 0.00719. The van der Waals surface area contributed by atoms with Crippen LogP contribution in [0.25, 0.3) is 11.0 Å². The first-order valence-corrected chi connectivity index (χ1v) is 12.6. The van der Waals surface area contributed by atoms with Crippen molar-refractivity contribution in [2.24, 2.45) is 7.05 Å². The lowest BCUT2D eigenvalue weighted by Crippen LogP contribution is -2.38. The molecule has 2 N–H and O–H groups in total. The summed E-state index contributed by atoms with van der Waals surface area (Å²) < 4.78 is 35.1. The number of fused-ring (bicyclic) bond motifs is 2. The molecule has 2 aliphatic heterocycles. The molecule has 0 amide bonds. The summed E-state index contributed by atoms with van der Waals surface area (Å²) in [7, 11) is 3.86. The molecule has 12 nitrogen and oxygen atoms in total. The van der Waals surface area contributed by atoms with E-state index in [9.17, 15) is 18.0 Å². The van der Waals surface area contributed by atoms with Crippen LogP contribution in [0.2, 0.25) is 0 Å². The molecule has 1 fully saturated rings. The number of alkyl halides is 3. The standard InChI is InChI=1S/C22H31N9O.C2HF3O2/c1-14(2)31-20-18(12-24-31)19(26-22(27-20)25-16-5-8-28(3)9-6-16)30-10-7-17-15(13-30)11-23-29(4)21(17)32;3-2(4,5)1(6)7/h11-12,14,16H,5-10,13H2,1-4H3,(H,25,26,27);(H,6,7). The molecular formula is C24H32F3N9O3. The van der Waals surface area contributed by atoms with Crippen molar-refractivity contribution in [3.8, 4) is 0 Å². The highest BCUT2D eigenvalue weighted by atomic mass is 19.4. The molecule has 3 aromatic heterocycles. The van der Waals surface area contributed by atoms with Crippen LogP contribution in [0.3, 0.4) is 0 Å². The molecule has 212 valence electrons. The van der Waals surface area contributed by atoms with E-state index < -0.39 is 12.1 Å². The smallest absolute Gasteiger partial charge is 0.475 e. The normalized spacial score (nSPS) is 16.7. The van der Waals surface area contributed by atoms with Crippen LogP contribution in [0.15, 0.2) is 17.2 Å². The number of aliphatic carboxylic acids is 1. The molecule has 0 radical (unpaired) electrons. The van der Waals surface area contributed by atoms with Gasteiger partial charge in [0, 0.05) is 43.3 Å². The van der Waals surface area contributed by atoms with Crippen LogP contribution in [0.1, 0.15) is 43.9 Å². The van der Waals surface area contributed by atoms with E-state index in [0.29, 0.717) is 25.0 Å². The number of rotatable bonds is 4. The Morgan fingerprint density at radius 1 is 1.10 bits per heavy atom. The number of carboxylic acids is 1. The van der Waals surface area contributed by atoms with Crippen LogP contribution in [0.5, 0.6) is 0 Å². The number of aromatic nitrogens is 6. The number of carboxylic acid groups (broad SMARTS) is 1. The van der Waals surface area contributed by atoms with Crippen molar-refractivity contribution in [1.82, 2.24) is 34.4 Å². The van der Waals surface area contributed by atoms with Gasteiger partial charge in [-0.25, -0.2) is 14.2 Å². The van der Waals surface area contributed by atoms with Crippen molar-refractivity contribution in [2.75, 3.05) is 36.9 Å². The Kier molecular flexibility index (Phi) is 8.09. The molecule has 39 heavy (non-hydrogen) atoms. The molecule has 5 rings (SSSR count). The summed E-state index contributed by atoms with van der Waals surface area (Å²) in [6.07, 6.45) is 1.40. The maximum atomic E-state index is 12.5. The first kappa shape index (κ1) is 28.3. The second kappa shape index (κ2) is 11.2. The molecule has 3 aromatic rings. The second-order valence-corrected chi connectivity index (χ2v) is 10.1. The van der Waals surface area contributed by atoms with Gasteiger partial charge in [-0.05, 0) is 53.2 Å². The number of aryl methyl sites for hydroxylation is 1. The summed E-state index contributed by atoms with van der Waals surface area (Å²) in [4.78, 5) is 35.8. The Labute approximate surface area is 222 Å². The van der Waals surface area contributed by atoms with Crippen LogP contribution in [-0.2, 0) is 24.8 Å². The van der Waals surface area contributed by atoms with Crippen LogP contribution in [0.4, 0.5) is 24.9 Å². The molecule has 0 unspecified atom stereocenters. The summed E-state index contributed by atoms with van der Waals surface area (Å²) in [5.74, 6) is -1.24.